The number of epoxide rings is 1. The van der Waals surface area contributed by atoms with Crippen molar-refractivity contribution in [2.75, 3.05) is 13.2 Å². The number of aliphatic carboxylic acids is 1. The highest BCUT2D eigenvalue weighted by Crippen LogP contribution is 2.08. The zero-order valence-corrected chi connectivity index (χ0v) is 10.7. The van der Waals surface area contributed by atoms with Crippen LogP contribution in [0, 0.1) is 0 Å². The molecule has 96 valence electrons. The summed E-state index contributed by atoms with van der Waals surface area (Å²) in [5.41, 5.74) is 2.21. The lowest BCUT2D eigenvalue weighted by Crippen LogP contribution is -1.97. The molecule has 18 heavy (non-hydrogen) atoms. The van der Waals surface area contributed by atoms with Crippen LogP contribution in [0.3, 0.4) is 0 Å². The predicted octanol–water partition coefficient (Wildman–Crippen LogP) is 3.14. The molecule has 1 N–H and O–H groups in total. The molecule has 0 spiro atoms. The minimum Gasteiger partial charge on any atom is -0.478 e. The van der Waals surface area contributed by atoms with Gasteiger partial charge in [0.15, 0.2) is 0 Å². The lowest BCUT2D eigenvalue weighted by molar-refractivity contribution is -0.132. The van der Waals surface area contributed by atoms with Crippen molar-refractivity contribution in [1.29, 1.82) is 0 Å². The first-order chi connectivity index (χ1) is 8.61. The molecule has 0 radical (unpaired) electrons. The number of allylic oxidation sites excluding steroid dienone is 2. The van der Waals surface area contributed by atoms with Crippen LogP contribution >= 0.6 is 0 Å². The number of ether oxygens (including phenoxy) is 1. The first kappa shape index (κ1) is 14.2. The van der Waals surface area contributed by atoms with Crippen LogP contribution in [0.4, 0.5) is 0 Å². The van der Waals surface area contributed by atoms with Crippen LogP contribution in [0.1, 0.15) is 19.4 Å². The van der Waals surface area contributed by atoms with Crippen molar-refractivity contribution in [2.45, 2.75) is 13.8 Å². The highest BCUT2D eigenvalue weighted by atomic mass is 16.6. The molecule has 0 bridgehead atoms. The second-order valence-corrected chi connectivity index (χ2v) is 3.97. The zero-order chi connectivity index (χ0) is 13.4. The summed E-state index contributed by atoms with van der Waals surface area (Å²) in [5, 5.41) is 8.76. The average molecular weight is 246 g/mol. The minimum atomic E-state index is -0.870. The molecule has 1 aliphatic rings. The van der Waals surface area contributed by atoms with Gasteiger partial charge in [-0.1, -0.05) is 42.5 Å². The Morgan fingerprint density at radius 2 is 1.78 bits per heavy atom. The number of carbonyl (C=O) groups is 1. The van der Waals surface area contributed by atoms with Crippen LogP contribution in [-0.4, -0.2) is 24.3 Å². The van der Waals surface area contributed by atoms with Crippen molar-refractivity contribution >= 4 is 12.0 Å². The lowest BCUT2D eigenvalue weighted by atomic mass is 10.1. The highest BCUT2D eigenvalue weighted by Gasteiger charge is 2.01. The van der Waals surface area contributed by atoms with E-state index in [0.717, 1.165) is 24.4 Å². The standard InChI is InChI=1S/C13H14O2.C2H4O/c1-10(11(2)13(14)15)8-9-12-6-4-3-5-7-12;1-2-3-1/h3-9H,1-2H3,(H,14,15);1-2H2. The van der Waals surface area contributed by atoms with E-state index >= 15 is 0 Å². The monoisotopic (exact) mass is 246 g/mol. The maximum absolute atomic E-state index is 10.7. The summed E-state index contributed by atoms with van der Waals surface area (Å²) in [4.78, 5) is 10.7. The van der Waals surface area contributed by atoms with E-state index in [4.69, 9.17) is 5.11 Å². The Morgan fingerprint density at radius 1 is 1.22 bits per heavy atom. The van der Waals surface area contributed by atoms with Crippen molar-refractivity contribution in [3.8, 4) is 0 Å². The number of rotatable bonds is 3. The summed E-state index contributed by atoms with van der Waals surface area (Å²) >= 11 is 0. The Morgan fingerprint density at radius 3 is 2.22 bits per heavy atom. The SMILES string of the molecule is C1CO1.CC(C=Cc1ccccc1)=C(C)C(=O)O. The summed E-state index contributed by atoms with van der Waals surface area (Å²) in [6, 6.07) is 9.79. The van der Waals surface area contributed by atoms with Crippen LogP contribution in [0.5, 0.6) is 0 Å². The molecule has 0 unspecified atom stereocenters. The third kappa shape index (κ3) is 6.01. The first-order valence-corrected chi connectivity index (χ1v) is 5.83. The van der Waals surface area contributed by atoms with E-state index in [9.17, 15) is 4.79 Å². The van der Waals surface area contributed by atoms with Crippen LogP contribution < -0.4 is 0 Å². The molecule has 0 atom stereocenters. The number of benzene rings is 1. The summed E-state index contributed by atoms with van der Waals surface area (Å²) in [6.45, 7) is 5.40. The fourth-order valence-corrected chi connectivity index (χ4v) is 1.08. The van der Waals surface area contributed by atoms with Gasteiger partial charge in [-0.05, 0) is 25.0 Å². The maximum atomic E-state index is 10.7. The second kappa shape index (κ2) is 7.45. The Hall–Kier alpha value is -1.87. The molecule has 1 aromatic carbocycles. The predicted molar refractivity (Wildman–Crippen MR) is 72.3 cm³/mol. The fraction of sp³-hybridized carbons (Fsp3) is 0.267. The summed E-state index contributed by atoms with van der Waals surface area (Å²) in [6.07, 6.45) is 3.72. The van der Waals surface area contributed by atoms with E-state index in [1.807, 2.05) is 42.5 Å². The molecule has 1 saturated heterocycles. The minimum absolute atomic E-state index is 0.377. The molecular weight excluding hydrogens is 228 g/mol. The topological polar surface area (TPSA) is 49.8 Å². The van der Waals surface area contributed by atoms with Gasteiger partial charge in [0, 0.05) is 5.57 Å². The third-order valence-corrected chi connectivity index (χ3v) is 2.44. The van der Waals surface area contributed by atoms with Crippen molar-refractivity contribution < 1.29 is 14.6 Å². The molecule has 1 fully saturated rings. The van der Waals surface area contributed by atoms with Gasteiger partial charge in [-0.2, -0.15) is 0 Å². The van der Waals surface area contributed by atoms with Gasteiger partial charge in [-0.15, -0.1) is 0 Å². The van der Waals surface area contributed by atoms with Gasteiger partial charge in [0.05, 0.1) is 13.2 Å². The number of carboxylic acids is 1. The Kier molecular flexibility index (Phi) is 5.88. The maximum Gasteiger partial charge on any atom is 0.331 e. The molecule has 1 heterocycles. The molecule has 2 rings (SSSR count). The zero-order valence-electron chi connectivity index (χ0n) is 10.7. The van der Waals surface area contributed by atoms with Crippen LogP contribution in [-0.2, 0) is 9.53 Å². The number of hydrogen-bond donors (Lipinski definition) is 1. The second-order valence-electron chi connectivity index (χ2n) is 3.97. The van der Waals surface area contributed by atoms with Gasteiger partial charge in [0.2, 0.25) is 0 Å². The Balaban J connectivity index is 0.000000468. The van der Waals surface area contributed by atoms with Gasteiger partial charge in [-0.3, -0.25) is 0 Å². The molecule has 3 nitrogen and oxygen atoms in total. The van der Waals surface area contributed by atoms with Crippen LogP contribution in [0.2, 0.25) is 0 Å². The van der Waals surface area contributed by atoms with Crippen molar-refractivity contribution in [3.63, 3.8) is 0 Å². The van der Waals surface area contributed by atoms with Crippen LogP contribution in [0.25, 0.3) is 6.08 Å². The van der Waals surface area contributed by atoms with Gasteiger partial charge < -0.3 is 9.84 Å². The molecule has 0 amide bonds. The van der Waals surface area contributed by atoms with E-state index in [0.29, 0.717) is 5.57 Å². The summed E-state index contributed by atoms with van der Waals surface area (Å²) in [5.74, 6) is -0.870. The molecule has 0 aromatic heterocycles. The quantitative estimate of drug-likeness (QED) is 0.506. The van der Waals surface area contributed by atoms with E-state index < -0.39 is 5.97 Å². The van der Waals surface area contributed by atoms with Crippen molar-refractivity contribution in [1.82, 2.24) is 0 Å². The van der Waals surface area contributed by atoms with E-state index in [1.54, 1.807) is 13.8 Å². The summed E-state index contributed by atoms with van der Waals surface area (Å²) in [7, 11) is 0. The average Bonchev–Trinajstić information content (AvgIpc) is 3.24. The molecule has 0 saturated carbocycles. The third-order valence-electron chi connectivity index (χ3n) is 2.44. The molecule has 3 heteroatoms. The van der Waals surface area contributed by atoms with Gasteiger partial charge in [0.1, 0.15) is 0 Å². The normalized spacial score (nSPS) is 14.6. The van der Waals surface area contributed by atoms with Crippen LogP contribution in [0.15, 0.2) is 47.6 Å². The van der Waals surface area contributed by atoms with E-state index in [1.165, 1.54) is 0 Å². The molecule has 1 aliphatic heterocycles. The number of hydrogen-bond acceptors (Lipinski definition) is 2. The highest BCUT2D eigenvalue weighted by molar-refractivity contribution is 5.87. The van der Waals surface area contributed by atoms with E-state index in [2.05, 4.69) is 4.74 Å². The Labute approximate surface area is 107 Å². The molecule has 1 aromatic rings. The van der Waals surface area contributed by atoms with Gasteiger partial charge >= 0.3 is 5.97 Å². The van der Waals surface area contributed by atoms with E-state index in [-0.39, 0.29) is 0 Å². The van der Waals surface area contributed by atoms with Gasteiger partial charge in [0.25, 0.3) is 0 Å². The largest absolute Gasteiger partial charge is 0.478 e. The summed E-state index contributed by atoms with van der Waals surface area (Å²) < 4.78 is 4.50. The number of carboxylic acid groups (broad SMARTS) is 1. The van der Waals surface area contributed by atoms with Crippen molar-refractivity contribution in [2.24, 2.45) is 0 Å². The molecular formula is C15H18O3. The van der Waals surface area contributed by atoms with Gasteiger partial charge in [-0.25, -0.2) is 4.79 Å². The lowest BCUT2D eigenvalue weighted by Gasteiger charge is -1.97. The first-order valence-electron chi connectivity index (χ1n) is 5.83. The molecule has 0 aliphatic carbocycles. The fourth-order valence-electron chi connectivity index (χ4n) is 1.08. The smallest absolute Gasteiger partial charge is 0.331 e. The van der Waals surface area contributed by atoms with Crippen molar-refractivity contribution in [3.05, 3.63) is 53.1 Å². The Bertz CT molecular complexity index is 439.